The third kappa shape index (κ3) is 4.09. The molecule has 3 atom stereocenters. The van der Waals surface area contributed by atoms with Gasteiger partial charge in [-0.15, -0.1) is 11.8 Å². The summed E-state index contributed by atoms with van der Waals surface area (Å²) in [5, 5.41) is 15.0. The fourth-order valence-corrected chi connectivity index (χ4v) is 6.06. The normalized spacial score (nSPS) is 23.6. The molecule has 1 aliphatic carbocycles. The molecule has 1 aromatic carbocycles. The van der Waals surface area contributed by atoms with Crippen molar-refractivity contribution < 1.29 is 4.18 Å². The predicted octanol–water partition coefficient (Wildman–Crippen LogP) is 4.89. The van der Waals surface area contributed by atoms with E-state index in [9.17, 15) is 0 Å². The highest BCUT2D eigenvalue weighted by Crippen LogP contribution is 2.47. The van der Waals surface area contributed by atoms with Gasteiger partial charge in [0.15, 0.2) is 5.65 Å². The van der Waals surface area contributed by atoms with Gasteiger partial charge in [-0.2, -0.15) is 9.61 Å². The molecule has 1 saturated carbocycles. The van der Waals surface area contributed by atoms with Crippen LogP contribution < -0.4 is 10.5 Å². The van der Waals surface area contributed by atoms with Gasteiger partial charge >= 0.3 is 0 Å². The van der Waals surface area contributed by atoms with Gasteiger partial charge in [0.2, 0.25) is 0 Å². The first-order chi connectivity index (χ1) is 14.2. The third-order valence-corrected chi connectivity index (χ3v) is 7.51. The highest BCUT2D eigenvalue weighted by molar-refractivity contribution is 7.99. The highest BCUT2D eigenvalue weighted by atomic mass is 35.5. The Bertz CT molecular complexity index is 1030. The lowest BCUT2D eigenvalue weighted by molar-refractivity contribution is 0.290. The van der Waals surface area contributed by atoms with Crippen LogP contribution in [-0.2, 0) is 10.6 Å². The molecular weight excluding hydrogens is 426 g/mol. The molecule has 6 nitrogen and oxygen atoms in total. The number of nitrogens with two attached hydrogens (primary N) is 1. The van der Waals surface area contributed by atoms with Crippen LogP contribution in [0, 0.1) is 5.92 Å². The van der Waals surface area contributed by atoms with E-state index in [1.165, 1.54) is 10.5 Å². The molecule has 1 fully saturated rings. The molecule has 2 aliphatic rings. The number of anilines is 1. The van der Waals surface area contributed by atoms with Gasteiger partial charge in [0, 0.05) is 28.2 Å². The zero-order valence-corrected chi connectivity index (χ0v) is 18.1. The molecule has 152 valence electrons. The van der Waals surface area contributed by atoms with Crippen molar-refractivity contribution in [2.24, 2.45) is 11.1 Å². The van der Waals surface area contributed by atoms with Crippen molar-refractivity contribution in [3.8, 4) is 0 Å². The number of thioether (sulfide) groups is 1. The van der Waals surface area contributed by atoms with Crippen molar-refractivity contribution in [1.29, 1.82) is 0 Å². The Labute approximate surface area is 183 Å². The second kappa shape index (κ2) is 8.35. The number of nitrogens with one attached hydrogen (secondary N) is 1. The summed E-state index contributed by atoms with van der Waals surface area (Å²) in [6.07, 6.45) is 6.16. The zero-order valence-electron chi connectivity index (χ0n) is 15.8. The molecule has 1 aliphatic heterocycles. The van der Waals surface area contributed by atoms with Crippen LogP contribution in [0.1, 0.15) is 35.8 Å². The van der Waals surface area contributed by atoms with Crippen LogP contribution >= 0.6 is 35.6 Å². The number of hydrogen-bond donors (Lipinski definition) is 2. The average Bonchev–Trinajstić information content (AvgIpc) is 3.44. The first kappa shape index (κ1) is 19.5. The third-order valence-electron chi connectivity index (χ3n) is 5.68. The number of aromatic nitrogens is 3. The Balaban J connectivity index is 1.33. The summed E-state index contributed by atoms with van der Waals surface area (Å²) >= 11 is 8.94. The van der Waals surface area contributed by atoms with E-state index in [2.05, 4.69) is 22.4 Å². The van der Waals surface area contributed by atoms with Crippen molar-refractivity contribution in [3.05, 3.63) is 52.8 Å². The molecule has 9 heteroatoms. The zero-order chi connectivity index (χ0) is 19.8. The predicted molar refractivity (Wildman–Crippen MR) is 119 cm³/mol. The maximum atomic E-state index is 6.15. The van der Waals surface area contributed by atoms with Crippen molar-refractivity contribution in [2.75, 3.05) is 11.9 Å². The smallest absolute Gasteiger partial charge is 0.157 e. The average molecular weight is 448 g/mol. The van der Waals surface area contributed by atoms with Gasteiger partial charge < -0.3 is 9.50 Å². The van der Waals surface area contributed by atoms with Crippen molar-refractivity contribution in [1.82, 2.24) is 14.6 Å². The van der Waals surface area contributed by atoms with Gasteiger partial charge in [-0.05, 0) is 55.4 Å². The summed E-state index contributed by atoms with van der Waals surface area (Å²) in [5.74, 6) is 1.54. The molecule has 0 bridgehead atoms. The topological polar surface area (TPSA) is 77.5 Å². The van der Waals surface area contributed by atoms with E-state index in [1.807, 2.05) is 40.7 Å². The first-order valence-corrected chi connectivity index (χ1v) is 11.8. The minimum atomic E-state index is 0.291. The largest absolute Gasteiger partial charge is 0.367 e. The van der Waals surface area contributed by atoms with Crippen LogP contribution in [-0.4, -0.2) is 27.2 Å². The monoisotopic (exact) mass is 447 g/mol. The van der Waals surface area contributed by atoms with E-state index in [4.69, 9.17) is 26.0 Å². The van der Waals surface area contributed by atoms with Crippen LogP contribution in [0.4, 0.5) is 5.82 Å². The van der Waals surface area contributed by atoms with Crippen LogP contribution in [0.15, 0.2) is 41.4 Å². The molecule has 5 rings (SSSR count). The second-order valence-electron chi connectivity index (χ2n) is 7.63. The van der Waals surface area contributed by atoms with Crippen LogP contribution in [0.5, 0.6) is 0 Å². The molecule has 0 spiro atoms. The molecule has 0 radical (unpaired) electrons. The standard InChI is InChI=1S/C20H22ClN5OS2/c21-14-3-2-13-8-18(28-17(13)9-14)16-10-20-23-6-5-19(26(20)25-16)24-15-4-1-12(7-15)11-27-29-22/h2-3,5-6,9-10,12,15,18,24H,1,4,7-8,11,22H2. The minimum Gasteiger partial charge on any atom is -0.367 e. The molecule has 29 heavy (non-hydrogen) atoms. The van der Waals surface area contributed by atoms with Gasteiger partial charge in [0.1, 0.15) is 5.82 Å². The summed E-state index contributed by atoms with van der Waals surface area (Å²) in [6.45, 7) is 0.709. The van der Waals surface area contributed by atoms with Gasteiger partial charge in [0.05, 0.1) is 29.8 Å². The quantitative estimate of drug-likeness (QED) is 0.411. The lowest BCUT2D eigenvalue weighted by atomic mass is 10.1. The molecule has 3 aromatic rings. The minimum absolute atomic E-state index is 0.291. The van der Waals surface area contributed by atoms with E-state index < -0.39 is 0 Å². The van der Waals surface area contributed by atoms with Gasteiger partial charge in [-0.3, -0.25) is 5.14 Å². The number of rotatable bonds is 6. The summed E-state index contributed by atoms with van der Waals surface area (Å²) in [4.78, 5) is 5.77. The Morgan fingerprint density at radius 3 is 3.14 bits per heavy atom. The molecule has 0 amide bonds. The van der Waals surface area contributed by atoms with Crippen molar-refractivity contribution in [3.63, 3.8) is 0 Å². The Kier molecular flexibility index (Phi) is 5.62. The maximum absolute atomic E-state index is 6.15. The van der Waals surface area contributed by atoms with E-state index >= 15 is 0 Å². The van der Waals surface area contributed by atoms with Crippen molar-refractivity contribution in [2.45, 2.75) is 41.9 Å². The van der Waals surface area contributed by atoms with Gasteiger partial charge in [-0.25, -0.2) is 4.98 Å². The molecular formula is C20H22ClN5OS2. The van der Waals surface area contributed by atoms with Crippen molar-refractivity contribution >= 4 is 47.1 Å². The van der Waals surface area contributed by atoms with Crippen LogP contribution in [0.3, 0.4) is 0 Å². The Morgan fingerprint density at radius 2 is 2.24 bits per heavy atom. The molecule has 3 N–H and O–H groups in total. The fourth-order valence-electron chi connectivity index (χ4n) is 4.25. The van der Waals surface area contributed by atoms with E-state index in [0.717, 1.165) is 60.1 Å². The fraction of sp³-hybridized carbons (Fsp3) is 0.400. The molecule has 0 saturated heterocycles. The SMILES string of the molecule is NSOCC1CCC(Nc2ccnc3cc(C4Cc5ccc(Cl)cc5S4)nn23)C1. The number of fused-ring (bicyclic) bond motifs is 2. The van der Waals surface area contributed by atoms with E-state index in [-0.39, 0.29) is 0 Å². The van der Waals surface area contributed by atoms with Gasteiger partial charge in [0.25, 0.3) is 0 Å². The number of benzene rings is 1. The molecule has 2 aromatic heterocycles. The Hall–Kier alpha value is -1.45. The number of halogens is 1. The van der Waals surface area contributed by atoms with Crippen LogP contribution in [0.2, 0.25) is 5.02 Å². The lowest BCUT2D eigenvalue weighted by Crippen LogP contribution is -2.18. The first-order valence-electron chi connectivity index (χ1n) is 9.74. The maximum Gasteiger partial charge on any atom is 0.157 e. The Morgan fingerprint density at radius 1 is 1.31 bits per heavy atom. The second-order valence-corrected chi connectivity index (χ2v) is 9.74. The lowest BCUT2D eigenvalue weighted by Gasteiger charge is -2.15. The number of hydrogen-bond acceptors (Lipinski definition) is 7. The molecule has 3 unspecified atom stereocenters. The highest BCUT2D eigenvalue weighted by Gasteiger charge is 2.28. The van der Waals surface area contributed by atoms with Gasteiger partial charge in [-0.1, -0.05) is 17.7 Å². The summed E-state index contributed by atoms with van der Waals surface area (Å²) in [5.41, 5.74) is 3.27. The van der Waals surface area contributed by atoms with Crippen LogP contribution in [0.25, 0.3) is 5.65 Å². The number of nitrogens with zero attached hydrogens (tertiary/aromatic N) is 3. The molecule has 3 heterocycles. The summed E-state index contributed by atoms with van der Waals surface area (Å²) < 4.78 is 7.24. The van der Waals surface area contributed by atoms with E-state index in [0.29, 0.717) is 23.8 Å². The summed E-state index contributed by atoms with van der Waals surface area (Å²) in [7, 11) is 0. The van der Waals surface area contributed by atoms with E-state index in [1.54, 1.807) is 0 Å². The summed E-state index contributed by atoms with van der Waals surface area (Å²) in [6, 6.07) is 10.6.